The lowest BCUT2D eigenvalue weighted by Crippen LogP contribution is -2.37. The van der Waals surface area contributed by atoms with E-state index in [9.17, 15) is 14.3 Å². The van der Waals surface area contributed by atoms with E-state index in [4.69, 9.17) is 5.73 Å². The van der Waals surface area contributed by atoms with Gasteiger partial charge in [0.15, 0.2) is 0 Å². The number of amides is 1. The molecule has 1 aliphatic heterocycles. The van der Waals surface area contributed by atoms with Gasteiger partial charge in [-0.1, -0.05) is 6.07 Å². The molecule has 1 saturated heterocycles. The first-order chi connectivity index (χ1) is 9.63. The summed E-state index contributed by atoms with van der Waals surface area (Å²) in [6.45, 7) is 0.561. The topological polar surface area (TPSA) is 66.6 Å². The molecular weight excluding hydrogens is 279 g/mol. The number of carbonyl (C=O) groups excluding carboxylic acids is 1. The largest absolute Gasteiger partial charge is 0.397 e. The number of hydrogen-bond acceptors (Lipinski definition) is 4. The summed E-state index contributed by atoms with van der Waals surface area (Å²) in [5.74, 6) is -0.616. The highest BCUT2D eigenvalue weighted by Gasteiger charge is 2.31. The van der Waals surface area contributed by atoms with Gasteiger partial charge in [0.05, 0.1) is 23.7 Å². The normalized spacial score (nSPS) is 18.9. The van der Waals surface area contributed by atoms with Crippen LogP contribution in [0.2, 0.25) is 0 Å². The van der Waals surface area contributed by atoms with Crippen LogP contribution >= 0.6 is 11.3 Å². The predicted molar refractivity (Wildman–Crippen MR) is 77.3 cm³/mol. The summed E-state index contributed by atoms with van der Waals surface area (Å²) < 4.78 is 14.5. The van der Waals surface area contributed by atoms with Crippen molar-refractivity contribution < 1.29 is 14.3 Å². The molecule has 0 spiro atoms. The van der Waals surface area contributed by atoms with E-state index in [2.05, 4.69) is 0 Å². The lowest BCUT2D eigenvalue weighted by atomic mass is 10.2. The molecule has 0 radical (unpaired) electrons. The fourth-order valence-corrected chi connectivity index (χ4v) is 3.80. The highest BCUT2D eigenvalue weighted by molar-refractivity contribution is 7.21. The van der Waals surface area contributed by atoms with Gasteiger partial charge < -0.3 is 15.7 Å². The molecule has 1 unspecified atom stereocenters. The van der Waals surface area contributed by atoms with E-state index < -0.39 is 5.82 Å². The molecule has 1 aromatic carbocycles. The lowest BCUT2D eigenvalue weighted by molar-refractivity contribution is 0.0683. The second kappa shape index (κ2) is 5.03. The Morgan fingerprint density at radius 1 is 1.55 bits per heavy atom. The maximum Gasteiger partial charge on any atom is 0.266 e. The van der Waals surface area contributed by atoms with Crippen molar-refractivity contribution in [2.45, 2.75) is 18.9 Å². The third-order valence-electron chi connectivity index (χ3n) is 3.74. The molecule has 0 bridgehead atoms. The van der Waals surface area contributed by atoms with Crippen LogP contribution in [0.5, 0.6) is 0 Å². The molecular formula is C14H15FN2O2S. The Morgan fingerprint density at radius 2 is 2.35 bits per heavy atom. The number of aliphatic hydroxyl groups excluding tert-OH is 1. The number of carbonyl (C=O) groups is 1. The number of nitrogens with zero attached hydrogens (tertiary/aromatic N) is 1. The average molecular weight is 294 g/mol. The van der Waals surface area contributed by atoms with Crippen molar-refractivity contribution in [1.82, 2.24) is 4.90 Å². The number of nitrogens with two attached hydrogens (primary N) is 1. The van der Waals surface area contributed by atoms with Crippen LogP contribution < -0.4 is 5.73 Å². The first-order valence-electron chi connectivity index (χ1n) is 6.51. The molecule has 1 fully saturated rings. The summed E-state index contributed by atoms with van der Waals surface area (Å²) in [6, 6.07) is 4.54. The Bertz CT molecular complexity index is 670. The van der Waals surface area contributed by atoms with E-state index in [1.807, 2.05) is 0 Å². The molecule has 2 heterocycles. The van der Waals surface area contributed by atoms with Crippen LogP contribution in [0.4, 0.5) is 10.1 Å². The Morgan fingerprint density at radius 3 is 3.05 bits per heavy atom. The number of anilines is 1. The predicted octanol–water partition coefficient (Wildman–Crippen LogP) is 2.22. The molecule has 1 aliphatic rings. The molecule has 3 rings (SSSR count). The second-order valence-electron chi connectivity index (χ2n) is 4.94. The van der Waals surface area contributed by atoms with Gasteiger partial charge in [-0.2, -0.15) is 0 Å². The van der Waals surface area contributed by atoms with Crippen molar-refractivity contribution in [1.29, 1.82) is 0 Å². The number of halogens is 1. The molecule has 3 N–H and O–H groups in total. The van der Waals surface area contributed by atoms with Crippen molar-refractivity contribution >= 4 is 33.0 Å². The highest BCUT2D eigenvalue weighted by atomic mass is 32.1. The SMILES string of the molecule is Nc1c(C(=O)N2CCCC2CO)sc2cccc(F)c12. The van der Waals surface area contributed by atoms with Crippen molar-refractivity contribution in [3.05, 3.63) is 28.9 Å². The summed E-state index contributed by atoms with van der Waals surface area (Å²) >= 11 is 1.21. The summed E-state index contributed by atoms with van der Waals surface area (Å²) in [5, 5.41) is 9.62. The maximum atomic E-state index is 13.8. The number of thiophene rings is 1. The number of fused-ring (bicyclic) bond motifs is 1. The zero-order valence-electron chi connectivity index (χ0n) is 10.8. The first-order valence-corrected chi connectivity index (χ1v) is 7.33. The zero-order valence-corrected chi connectivity index (χ0v) is 11.6. The first kappa shape index (κ1) is 13.3. The summed E-state index contributed by atoms with van der Waals surface area (Å²) in [6.07, 6.45) is 1.66. The van der Waals surface area contributed by atoms with Gasteiger partial charge in [0.1, 0.15) is 10.7 Å². The van der Waals surface area contributed by atoms with Crippen molar-refractivity contribution in [3.8, 4) is 0 Å². The number of rotatable bonds is 2. The Labute approximate surface area is 119 Å². The average Bonchev–Trinajstić information content (AvgIpc) is 3.03. The van der Waals surface area contributed by atoms with Gasteiger partial charge in [-0.15, -0.1) is 11.3 Å². The highest BCUT2D eigenvalue weighted by Crippen LogP contribution is 2.37. The third-order valence-corrected chi connectivity index (χ3v) is 4.90. The van der Waals surface area contributed by atoms with Crippen LogP contribution in [0.15, 0.2) is 18.2 Å². The Balaban J connectivity index is 2.04. The minimum atomic E-state index is -0.407. The van der Waals surface area contributed by atoms with E-state index >= 15 is 0 Å². The minimum Gasteiger partial charge on any atom is -0.397 e. The Hall–Kier alpha value is -1.66. The Kier molecular flexibility index (Phi) is 3.35. The summed E-state index contributed by atoms with van der Waals surface area (Å²) in [5.41, 5.74) is 6.16. The molecule has 0 aliphatic carbocycles. The molecule has 2 aromatic rings. The van der Waals surface area contributed by atoms with E-state index in [1.54, 1.807) is 17.0 Å². The van der Waals surface area contributed by atoms with Gasteiger partial charge in [0.25, 0.3) is 5.91 Å². The zero-order chi connectivity index (χ0) is 14.3. The number of aliphatic hydroxyl groups is 1. The fourth-order valence-electron chi connectivity index (χ4n) is 2.71. The smallest absolute Gasteiger partial charge is 0.266 e. The van der Waals surface area contributed by atoms with Gasteiger partial charge >= 0.3 is 0 Å². The fraction of sp³-hybridized carbons (Fsp3) is 0.357. The molecule has 106 valence electrons. The lowest BCUT2D eigenvalue weighted by Gasteiger charge is -2.22. The van der Waals surface area contributed by atoms with Crippen LogP contribution in [0, 0.1) is 5.82 Å². The van der Waals surface area contributed by atoms with Gasteiger partial charge in [-0.25, -0.2) is 4.39 Å². The van der Waals surface area contributed by atoms with Crippen LogP contribution in [0.3, 0.4) is 0 Å². The van der Waals surface area contributed by atoms with Gasteiger partial charge in [-0.3, -0.25) is 4.79 Å². The van der Waals surface area contributed by atoms with Crippen molar-refractivity contribution in [2.75, 3.05) is 18.9 Å². The van der Waals surface area contributed by atoms with Gasteiger partial charge in [0.2, 0.25) is 0 Å². The molecule has 20 heavy (non-hydrogen) atoms. The van der Waals surface area contributed by atoms with Gasteiger partial charge in [-0.05, 0) is 25.0 Å². The standard InChI is InChI=1S/C14H15FN2O2S/c15-9-4-1-5-10-11(9)12(16)13(20-10)14(19)17-6-2-3-8(17)7-18/h1,4-5,8,18H,2-3,6-7,16H2. The van der Waals surface area contributed by atoms with Crippen molar-refractivity contribution in [2.24, 2.45) is 0 Å². The van der Waals surface area contributed by atoms with E-state index in [1.165, 1.54) is 17.4 Å². The number of nitrogen functional groups attached to an aromatic ring is 1. The van der Waals surface area contributed by atoms with Crippen LogP contribution in [-0.4, -0.2) is 35.1 Å². The van der Waals surface area contributed by atoms with E-state index in [0.29, 0.717) is 21.5 Å². The van der Waals surface area contributed by atoms with Crippen molar-refractivity contribution in [3.63, 3.8) is 0 Å². The van der Waals surface area contributed by atoms with Gasteiger partial charge in [0, 0.05) is 11.2 Å². The monoisotopic (exact) mass is 294 g/mol. The quantitative estimate of drug-likeness (QED) is 0.892. The number of likely N-dealkylation sites (tertiary alicyclic amines) is 1. The second-order valence-corrected chi connectivity index (χ2v) is 5.99. The molecule has 1 aromatic heterocycles. The third kappa shape index (κ3) is 1.96. The van der Waals surface area contributed by atoms with Crippen LogP contribution in [0.25, 0.3) is 10.1 Å². The summed E-state index contributed by atoms with van der Waals surface area (Å²) in [4.78, 5) is 14.5. The molecule has 1 amide bonds. The van der Waals surface area contributed by atoms with E-state index in [-0.39, 0.29) is 24.2 Å². The minimum absolute atomic E-state index is 0.0507. The number of hydrogen-bond donors (Lipinski definition) is 2. The molecule has 1 atom stereocenters. The van der Waals surface area contributed by atoms with Crippen LogP contribution in [0.1, 0.15) is 22.5 Å². The number of benzene rings is 1. The molecule has 0 saturated carbocycles. The maximum absolute atomic E-state index is 13.8. The van der Waals surface area contributed by atoms with Crippen LogP contribution in [-0.2, 0) is 0 Å². The van der Waals surface area contributed by atoms with E-state index in [0.717, 1.165) is 12.8 Å². The molecule has 4 nitrogen and oxygen atoms in total. The summed E-state index contributed by atoms with van der Waals surface area (Å²) in [7, 11) is 0. The molecule has 6 heteroatoms.